The number of halogens is 1. The topological polar surface area (TPSA) is 12.0 Å². The summed E-state index contributed by atoms with van der Waals surface area (Å²) in [5.41, 5.74) is 2.66. The van der Waals surface area contributed by atoms with Crippen LogP contribution >= 0.6 is 34.4 Å². The molecule has 106 valence electrons. The van der Waals surface area contributed by atoms with Crippen molar-refractivity contribution in [1.82, 2.24) is 5.32 Å². The highest BCUT2D eigenvalue weighted by Crippen LogP contribution is 2.22. The Morgan fingerprint density at radius 2 is 1.30 bits per heavy atom. The Balaban J connectivity index is 2.02. The monoisotopic (exact) mass is 397 g/mol. The van der Waals surface area contributed by atoms with E-state index in [-0.39, 0.29) is 0 Å². The standard InChI is InChI=1S/C17H20INS/c1-12(14-4-8-16(18)9-5-14)19-13(2)15-6-10-17(20-3)11-7-15/h4-13,19H,1-3H3. The second-order valence-electron chi connectivity index (χ2n) is 4.93. The van der Waals surface area contributed by atoms with Crippen molar-refractivity contribution in [1.29, 1.82) is 0 Å². The van der Waals surface area contributed by atoms with Crippen LogP contribution in [0.25, 0.3) is 0 Å². The van der Waals surface area contributed by atoms with E-state index in [0.29, 0.717) is 12.1 Å². The summed E-state index contributed by atoms with van der Waals surface area (Å²) < 4.78 is 1.28. The van der Waals surface area contributed by atoms with E-state index in [1.54, 1.807) is 11.8 Å². The molecule has 1 nitrogen and oxygen atoms in total. The van der Waals surface area contributed by atoms with Gasteiger partial charge in [-0.2, -0.15) is 0 Å². The molecule has 0 saturated carbocycles. The van der Waals surface area contributed by atoms with Crippen molar-refractivity contribution in [3.8, 4) is 0 Å². The number of benzene rings is 2. The second-order valence-corrected chi connectivity index (χ2v) is 7.06. The molecule has 0 fully saturated rings. The zero-order valence-electron chi connectivity index (χ0n) is 12.1. The van der Waals surface area contributed by atoms with E-state index in [9.17, 15) is 0 Å². The lowest BCUT2D eigenvalue weighted by molar-refractivity contribution is 0.494. The Kier molecular flexibility index (Phi) is 5.93. The Hall–Kier alpha value is -0.520. The van der Waals surface area contributed by atoms with E-state index in [1.165, 1.54) is 19.6 Å². The summed E-state index contributed by atoms with van der Waals surface area (Å²) in [6, 6.07) is 18.2. The molecule has 2 atom stereocenters. The summed E-state index contributed by atoms with van der Waals surface area (Å²) in [4.78, 5) is 1.31. The van der Waals surface area contributed by atoms with Crippen LogP contribution < -0.4 is 5.32 Å². The summed E-state index contributed by atoms with van der Waals surface area (Å²) in [5.74, 6) is 0. The average molecular weight is 397 g/mol. The molecule has 2 unspecified atom stereocenters. The molecular formula is C17H20INS. The van der Waals surface area contributed by atoms with E-state index in [1.807, 2.05) is 0 Å². The summed E-state index contributed by atoms with van der Waals surface area (Å²) in [5, 5.41) is 3.66. The van der Waals surface area contributed by atoms with Crippen molar-refractivity contribution in [2.45, 2.75) is 30.8 Å². The fourth-order valence-electron chi connectivity index (χ4n) is 2.21. The van der Waals surface area contributed by atoms with Crippen molar-refractivity contribution in [3.05, 3.63) is 63.2 Å². The zero-order valence-corrected chi connectivity index (χ0v) is 15.0. The number of rotatable bonds is 5. The molecule has 0 heterocycles. The Labute approximate surface area is 139 Å². The van der Waals surface area contributed by atoms with Gasteiger partial charge in [-0.05, 0) is 78.1 Å². The van der Waals surface area contributed by atoms with Crippen LogP contribution in [0.4, 0.5) is 0 Å². The van der Waals surface area contributed by atoms with Gasteiger partial charge in [-0.15, -0.1) is 11.8 Å². The summed E-state index contributed by atoms with van der Waals surface area (Å²) in [7, 11) is 0. The molecule has 0 bridgehead atoms. The van der Waals surface area contributed by atoms with E-state index in [4.69, 9.17) is 0 Å². The van der Waals surface area contributed by atoms with Crippen molar-refractivity contribution in [3.63, 3.8) is 0 Å². The van der Waals surface area contributed by atoms with Gasteiger partial charge in [0.1, 0.15) is 0 Å². The zero-order chi connectivity index (χ0) is 14.5. The van der Waals surface area contributed by atoms with Gasteiger partial charge in [0, 0.05) is 20.5 Å². The third kappa shape index (κ3) is 4.24. The van der Waals surface area contributed by atoms with Gasteiger partial charge >= 0.3 is 0 Å². The predicted octanol–water partition coefficient (Wildman–Crippen LogP) is 5.42. The second kappa shape index (κ2) is 7.48. The highest BCUT2D eigenvalue weighted by molar-refractivity contribution is 14.1. The van der Waals surface area contributed by atoms with Gasteiger partial charge in [-0.1, -0.05) is 24.3 Å². The number of hydrogen-bond donors (Lipinski definition) is 1. The van der Waals surface area contributed by atoms with Gasteiger partial charge < -0.3 is 5.32 Å². The lowest BCUT2D eigenvalue weighted by atomic mass is 10.0. The summed E-state index contributed by atoms with van der Waals surface area (Å²) >= 11 is 4.12. The van der Waals surface area contributed by atoms with Crippen LogP contribution in [0.1, 0.15) is 37.1 Å². The molecular weight excluding hydrogens is 377 g/mol. The van der Waals surface area contributed by atoms with Crippen LogP contribution in [0.3, 0.4) is 0 Å². The molecule has 0 aromatic heterocycles. The highest BCUT2D eigenvalue weighted by atomic mass is 127. The van der Waals surface area contributed by atoms with Crippen LogP contribution in [0, 0.1) is 3.57 Å². The van der Waals surface area contributed by atoms with E-state index < -0.39 is 0 Å². The first-order chi connectivity index (χ1) is 9.60. The number of thioether (sulfide) groups is 1. The fourth-order valence-corrected chi connectivity index (χ4v) is 2.98. The van der Waals surface area contributed by atoms with E-state index in [2.05, 4.69) is 96.5 Å². The first kappa shape index (κ1) is 15.9. The molecule has 2 aromatic rings. The quantitative estimate of drug-likeness (QED) is 0.534. The molecule has 0 radical (unpaired) electrons. The third-order valence-electron chi connectivity index (χ3n) is 3.49. The van der Waals surface area contributed by atoms with Gasteiger partial charge in [0.05, 0.1) is 0 Å². The number of nitrogens with one attached hydrogen (secondary N) is 1. The largest absolute Gasteiger partial charge is 0.304 e. The third-order valence-corrected chi connectivity index (χ3v) is 4.95. The minimum Gasteiger partial charge on any atom is -0.304 e. The van der Waals surface area contributed by atoms with Crippen LogP contribution in [0.2, 0.25) is 0 Å². The molecule has 1 N–H and O–H groups in total. The maximum atomic E-state index is 3.66. The smallest absolute Gasteiger partial charge is 0.0297 e. The Bertz CT molecular complexity index is 536. The van der Waals surface area contributed by atoms with Crippen LogP contribution in [-0.2, 0) is 0 Å². The molecule has 0 spiro atoms. The number of hydrogen-bond acceptors (Lipinski definition) is 2. The molecule has 2 rings (SSSR count). The van der Waals surface area contributed by atoms with Gasteiger partial charge in [0.15, 0.2) is 0 Å². The van der Waals surface area contributed by atoms with Crippen molar-refractivity contribution in [2.24, 2.45) is 0 Å². The van der Waals surface area contributed by atoms with Crippen LogP contribution in [0.5, 0.6) is 0 Å². The first-order valence-electron chi connectivity index (χ1n) is 6.75. The van der Waals surface area contributed by atoms with Gasteiger partial charge in [0.25, 0.3) is 0 Å². The van der Waals surface area contributed by atoms with Crippen LogP contribution in [0.15, 0.2) is 53.4 Å². The van der Waals surface area contributed by atoms with Crippen molar-refractivity contribution in [2.75, 3.05) is 6.26 Å². The molecule has 3 heteroatoms. The SMILES string of the molecule is CSc1ccc(C(C)NC(C)c2ccc(I)cc2)cc1. The Morgan fingerprint density at radius 3 is 1.75 bits per heavy atom. The Morgan fingerprint density at radius 1 is 0.850 bits per heavy atom. The average Bonchev–Trinajstić information content (AvgIpc) is 2.48. The lowest BCUT2D eigenvalue weighted by Crippen LogP contribution is -2.22. The predicted molar refractivity (Wildman–Crippen MR) is 97.3 cm³/mol. The molecule has 0 aliphatic heterocycles. The normalized spacial score (nSPS) is 14.0. The summed E-state index contributed by atoms with van der Waals surface area (Å²) in [6.45, 7) is 4.44. The van der Waals surface area contributed by atoms with Crippen molar-refractivity contribution < 1.29 is 0 Å². The minimum absolute atomic E-state index is 0.347. The van der Waals surface area contributed by atoms with Gasteiger partial charge in [0.2, 0.25) is 0 Å². The van der Waals surface area contributed by atoms with E-state index >= 15 is 0 Å². The van der Waals surface area contributed by atoms with Crippen LogP contribution in [-0.4, -0.2) is 6.26 Å². The molecule has 20 heavy (non-hydrogen) atoms. The molecule has 0 aliphatic rings. The minimum atomic E-state index is 0.347. The van der Waals surface area contributed by atoms with Crippen molar-refractivity contribution >= 4 is 34.4 Å². The van der Waals surface area contributed by atoms with Gasteiger partial charge in [-0.3, -0.25) is 0 Å². The lowest BCUT2D eigenvalue weighted by Gasteiger charge is -2.21. The maximum Gasteiger partial charge on any atom is 0.0297 e. The summed E-state index contributed by atoms with van der Waals surface area (Å²) in [6.07, 6.45) is 2.11. The maximum absolute atomic E-state index is 3.66. The molecule has 0 amide bonds. The fraction of sp³-hybridized carbons (Fsp3) is 0.294. The molecule has 2 aromatic carbocycles. The molecule has 0 aliphatic carbocycles. The first-order valence-corrected chi connectivity index (χ1v) is 9.06. The van der Waals surface area contributed by atoms with Gasteiger partial charge in [-0.25, -0.2) is 0 Å². The van der Waals surface area contributed by atoms with E-state index in [0.717, 1.165) is 0 Å². The molecule has 0 saturated heterocycles. The highest BCUT2D eigenvalue weighted by Gasteiger charge is 2.11.